The molecule has 0 aliphatic heterocycles. The van der Waals surface area contributed by atoms with E-state index in [-0.39, 0.29) is 0 Å². The van der Waals surface area contributed by atoms with Crippen LogP contribution in [0.2, 0.25) is 0 Å². The maximum Gasteiger partial charge on any atom is 0.146 e. The number of hydrogen-bond acceptors (Lipinski definition) is 0. The van der Waals surface area contributed by atoms with Crippen LogP contribution < -0.4 is 9.80 Å². The van der Waals surface area contributed by atoms with Crippen molar-refractivity contribution in [3.05, 3.63) is 0 Å². The van der Waals surface area contributed by atoms with Gasteiger partial charge >= 0.3 is 0 Å². The predicted molar refractivity (Wildman–Crippen MR) is 67.8 cm³/mol. The third-order valence-electron chi connectivity index (χ3n) is 6.14. The van der Waals surface area contributed by atoms with E-state index in [1.807, 2.05) is 0 Å². The molecule has 94 valence electrons. The van der Waals surface area contributed by atoms with E-state index >= 15 is 0 Å². The Balaban J connectivity index is 2.44. The molecule has 0 amide bonds. The Bertz CT molecular complexity index is 282. The quantitative estimate of drug-likeness (QED) is 0.626. The van der Waals surface area contributed by atoms with Gasteiger partial charge in [-0.15, -0.1) is 0 Å². The summed E-state index contributed by atoms with van der Waals surface area (Å²) in [7, 11) is 9.40. The first-order chi connectivity index (χ1) is 7.23. The summed E-state index contributed by atoms with van der Waals surface area (Å²) >= 11 is 0. The molecule has 0 saturated heterocycles. The number of nitrogens with one attached hydrogen (secondary N) is 2. The fourth-order valence-corrected chi connectivity index (χ4v) is 5.11. The molecular weight excluding hydrogens is 196 g/mol. The lowest BCUT2D eigenvalue weighted by atomic mass is 9.69. The lowest BCUT2D eigenvalue weighted by molar-refractivity contribution is -0.964. The first-order valence-electron chi connectivity index (χ1n) is 6.83. The fourth-order valence-electron chi connectivity index (χ4n) is 5.11. The largest absolute Gasteiger partial charge is 0.332 e. The Kier molecular flexibility index (Phi) is 2.67. The van der Waals surface area contributed by atoms with E-state index in [1.54, 1.807) is 9.80 Å². The zero-order valence-electron chi connectivity index (χ0n) is 12.1. The summed E-state index contributed by atoms with van der Waals surface area (Å²) in [6, 6.07) is 1.67. The van der Waals surface area contributed by atoms with E-state index < -0.39 is 0 Å². The molecule has 2 aliphatic carbocycles. The van der Waals surface area contributed by atoms with Crippen molar-refractivity contribution in [3.8, 4) is 0 Å². The normalized spacial score (nSPS) is 45.9. The molecule has 2 bridgehead atoms. The van der Waals surface area contributed by atoms with Crippen LogP contribution in [0.4, 0.5) is 0 Å². The van der Waals surface area contributed by atoms with E-state index in [4.69, 9.17) is 0 Å². The number of hydrogen-bond donors (Lipinski definition) is 2. The van der Waals surface area contributed by atoms with Gasteiger partial charge in [0, 0.05) is 11.3 Å². The summed E-state index contributed by atoms with van der Waals surface area (Å²) < 4.78 is 0. The molecule has 0 spiro atoms. The molecule has 0 heterocycles. The number of rotatable bonds is 2. The summed E-state index contributed by atoms with van der Waals surface area (Å²) in [5.41, 5.74) is 1.06. The summed E-state index contributed by atoms with van der Waals surface area (Å²) in [6.45, 7) is 7.58. The highest BCUT2D eigenvalue weighted by Crippen LogP contribution is 2.64. The van der Waals surface area contributed by atoms with Crippen molar-refractivity contribution in [2.24, 2.45) is 16.7 Å². The van der Waals surface area contributed by atoms with Crippen molar-refractivity contribution in [1.82, 2.24) is 0 Å². The van der Waals surface area contributed by atoms with Gasteiger partial charge in [0.1, 0.15) is 12.1 Å². The summed E-state index contributed by atoms with van der Waals surface area (Å²) in [5, 5.41) is 0. The van der Waals surface area contributed by atoms with Crippen LogP contribution in [0.15, 0.2) is 0 Å². The van der Waals surface area contributed by atoms with Gasteiger partial charge < -0.3 is 9.80 Å². The molecule has 2 fully saturated rings. The van der Waals surface area contributed by atoms with Gasteiger partial charge in [-0.05, 0) is 18.3 Å². The van der Waals surface area contributed by atoms with Crippen LogP contribution in [-0.4, -0.2) is 40.3 Å². The van der Waals surface area contributed by atoms with Crippen molar-refractivity contribution in [1.29, 1.82) is 0 Å². The highest BCUT2D eigenvalue weighted by atomic mass is 15.2. The smallest absolute Gasteiger partial charge is 0.146 e. The molecule has 2 N–H and O–H groups in total. The monoisotopic (exact) mass is 226 g/mol. The van der Waals surface area contributed by atoms with Gasteiger partial charge in [0.05, 0.1) is 28.2 Å². The van der Waals surface area contributed by atoms with Crippen molar-refractivity contribution in [3.63, 3.8) is 0 Å². The molecule has 2 rings (SSSR count). The van der Waals surface area contributed by atoms with Crippen molar-refractivity contribution >= 4 is 0 Å². The molecule has 2 nitrogen and oxygen atoms in total. The van der Waals surface area contributed by atoms with Gasteiger partial charge in [0.25, 0.3) is 0 Å². The molecule has 0 unspecified atom stereocenters. The van der Waals surface area contributed by atoms with Gasteiger partial charge in [0.15, 0.2) is 0 Å². The van der Waals surface area contributed by atoms with Gasteiger partial charge in [-0.3, -0.25) is 0 Å². The SMILES string of the molecule is C[NH+](C)[C@@H]1[C@H]2CC[C@](C)([C@@H]1[NH+](C)C)C2(C)C. The standard InChI is InChI=1S/C14H28N2/c1-13(2)10-8-9-14(13,3)12(16(6)7)11(10)15(4)5/h10-12H,8-9H2,1-7H3/p+2/t10-,11-,12-,14-/m1/s1. The Morgan fingerprint density at radius 3 is 1.88 bits per heavy atom. The summed E-state index contributed by atoms with van der Waals surface area (Å²) in [6.07, 6.45) is 2.88. The molecular formula is C14H30N2+2. The Morgan fingerprint density at radius 2 is 1.50 bits per heavy atom. The maximum absolute atomic E-state index is 2.55. The van der Waals surface area contributed by atoms with Crippen LogP contribution >= 0.6 is 0 Å². The maximum atomic E-state index is 2.55. The second kappa shape index (κ2) is 3.46. The summed E-state index contributed by atoms with van der Waals surface area (Å²) in [5.74, 6) is 0.919. The third-order valence-corrected chi connectivity index (χ3v) is 6.14. The molecule has 0 aromatic heterocycles. The zero-order chi connectivity index (χ0) is 12.3. The second-order valence-corrected chi connectivity index (χ2v) is 7.44. The Morgan fingerprint density at radius 1 is 0.938 bits per heavy atom. The number of quaternary nitrogens is 2. The highest BCUT2D eigenvalue weighted by Gasteiger charge is 2.71. The zero-order valence-corrected chi connectivity index (χ0v) is 12.1. The highest BCUT2D eigenvalue weighted by molar-refractivity contribution is 5.14. The molecule has 0 radical (unpaired) electrons. The first-order valence-corrected chi connectivity index (χ1v) is 6.83. The minimum absolute atomic E-state index is 0.525. The molecule has 2 heteroatoms. The lowest BCUT2D eigenvalue weighted by Gasteiger charge is -2.40. The van der Waals surface area contributed by atoms with E-state index in [9.17, 15) is 0 Å². The predicted octanol–water partition coefficient (Wildman–Crippen LogP) is -0.531. The molecule has 4 atom stereocenters. The fraction of sp³-hybridized carbons (Fsp3) is 1.00. The molecule has 2 saturated carbocycles. The number of likely N-dealkylation sites (N-methyl/N-ethyl adjacent to an activating group) is 2. The van der Waals surface area contributed by atoms with Crippen molar-refractivity contribution in [2.75, 3.05) is 28.2 Å². The average Bonchev–Trinajstić information content (AvgIpc) is 2.45. The molecule has 0 aromatic carbocycles. The topological polar surface area (TPSA) is 8.88 Å². The molecule has 0 aromatic rings. The van der Waals surface area contributed by atoms with Crippen molar-refractivity contribution < 1.29 is 9.80 Å². The van der Waals surface area contributed by atoms with Crippen LogP contribution in [0.25, 0.3) is 0 Å². The van der Waals surface area contributed by atoms with Gasteiger partial charge in [-0.25, -0.2) is 0 Å². The molecule has 16 heavy (non-hydrogen) atoms. The Labute approximate surface area is 101 Å². The van der Waals surface area contributed by atoms with Gasteiger partial charge in [-0.2, -0.15) is 0 Å². The van der Waals surface area contributed by atoms with Crippen LogP contribution in [-0.2, 0) is 0 Å². The van der Waals surface area contributed by atoms with Crippen LogP contribution in [0.1, 0.15) is 33.6 Å². The van der Waals surface area contributed by atoms with Gasteiger partial charge in [-0.1, -0.05) is 20.8 Å². The van der Waals surface area contributed by atoms with E-state index in [0.717, 1.165) is 18.0 Å². The van der Waals surface area contributed by atoms with E-state index in [1.165, 1.54) is 12.8 Å². The third kappa shape index (κ3) is 1.26. The van der Waals surface area contributed by atoms with E-state index in [0.29, 0.717) is 10.8 Å². The lowest BCUT2D eigenvalue weighted by Crippen LogP contribution is -3.22. The van der Waals surface area contributed by atoms with Gasteiger partial charge in [0.2, 0.25) is 0 Å². The molecule has 2 aliphatic rings. The second-order valence-electron chi connectivity index (χ2n) is 7.44. The van der Waals surface area contributed by atoms with Crippen LogP contribution in [0.3, 0.4) is 0 Å². The number of fused-ring (bicyclic) bond motifs is 2. The van der Waals surface area contributed by atoms with Crippen LogP contribution in [0, 0.1) is 16.7 Å². The van der Waals surface area contributed by atoms with Crippen molar-refractivity contribution in [2.45, 2.75) is 45.7 Å². The van der Waals surface area contributed by atoms with E-state index in [2.05, 4.69) is 49.0 Å². The summed E-state index contributed by atoms with van der Waals surface area (Å²) in [4.78, 5) is 3.32. The minimum Gasteiger partial charge on any atom is -0.332 e. The average molecular weight is 226 g/mol. The van der Waals surface area contributed by atoms with Crippen LogP contribution in [0.5, 0.6) is 0 Å². The first kappa shape index (κ1) is 12.4. The minimum atomic E-state index is 0.525. The Hall–Kier alpha value is -0.0800.